The number of ether oxygens (including phenoxy) is 1. The topological polar surface area (TPSA) is 34.1 Å². The van der Waals surface area contributed by atoms with Crippen LogP contribution in [0.1, 0.15) is 13.3 Å². The molecule has 17 heavy (non-hydrogen) atoms. The van der Waals surface area contributed by atoms with Crippen molar-refractivity contribution in [3.63, 3.8) is 0 Å². The maximum atomic E-state index is 6.00. The van der Waals surface area contributed by atoms with E-state index in [1.165, 1.54) is 11.1 Å². The molecule has 1 aliphatic rings. The van der Waals surface area contributed by atoms with Crippen LogP contribution in [0.15, 0.2) is 24.3 Å². The quantitative estimate of drug-likeness (QED) is 0.887. The van der Waals surface area contributed by atoms with Crippen LogP contribution < -0.4 is 10.1 Å². The molecule has 0 radical (unpaired) electrons. The molecule has 2 unspecified atom stereocenters. The van der Waals surface area contributed by atoms with Crippen molar-refractivity contribution in [2.45, 2.75) is 19.4 Å². The Morgan fingerprint density at radius 1 is 1.41 bits per heavy atom. The Hall–Kier alpha value is -1.13. The number of nitrogens with zero attached hydrogens (tertiary/aromatic N) is 1. The minimum absolute atomic E-state index is 0.254. The van der Waals surface area contributed by atoms with E-state index in [0.29, 0.717) is 5.92 Å². The highest BCUT2D eigenvalue weighted by atomic mass is 32.1. The van der Waals surface area contributed by atoms with E-state index in [1.54, 1.807) is 11.3 Å². The SMILES string of the molecule is CC1CCNCC1Oc1nc2ccccc2s1. The summed E-state index contributed by atoms with van der Waals surface area (Å²) in [4.78, 5) is 4.51. The second-order valence-corrected chi connectivity index (χ2v) is 5.57. The minimum atomic E-state index is 0.254. The number of hydrogen-bond acceptors (Lipinski definition) is 4. The Morgan fingerprint density at radius 2 is 2.29 bits per heavy atom. The molecule has 0 aliphatic carbocycles. The molecule has 0 spiro atoms. The second kappa shape index (κ2) is 4.63. The van der Waals surface area contributed by atoms with Gasteiger partial charge in [-0.3, -0.25) is 0 Å². The van der Waals surface area contributed by atoms with E-state index < -0.39 is 0 Å². The van der Waals surface area contributed by atoms with Crippen molar-refractivity contribution in [1.29, 1.82) is 0 Å². The maximum absolute atomic E-state index is 6.00. The molecule has 3 rings (SSSR count). The van der Waals surface area contributed by atoms with Gasteiger partial charge in [-0.2, -0.15) is 0 Å². The number of fused-ring (bicyclic) bond motifs is 1. The molecule has 1 aromatic heterocycles. The minimum Gasteiger partial charge on any atom is -0.465 e. The van der Waals surface area contributed by atoms with Crippen LogP contribution in [-0.2, 0) is 0 Å². The first-order chi connectivity index (χ1) is 8.33. The van der Waals surface area contributed by atoms with E-state index in [0.717, 1.165) is 23.8 Å². The van der Waals surface area contributed by atoms with Gasteiger partial charge in [0.15, 0.2) is 0 Å². The zero-order chi connectivity index (χ0) is 11.7. The van der Waals surface area contributed by atoms with Gasteiger partial charge in [0.25, 0.3) is 5.19 Å². The van der Waals surface area contributed by atoms with E-state index in [1.807, 2.05) is 18.2 Å². The van der Waals surface area contributed by atoms with Crippen molar-refractivity contribution in [3.8, 4) is 5.19 Å². The highest BCUT2D eigenvalue weighted by Gasteiger charge is 2.23. The van der Waals surface area contributed by atoms with Crippen molar-refractivity contribution in [3.05, 3.63) is 24.3 Å². The fourth-order valence-electron chi connectivity index (χ4n) is 2.15. The lowest BCUT2D eigenvalue weighted by atomic mass is 9.97. The van der Waals surface area contributed by atoms with Crippen molar-refractivity contribution in [2.24, 2.45) is 5.92 Å². The summed E-state index contributed by atoms with van der Waals surface area (Å²) < 4.78 is 7.19. The number of nitrogens with one attached hydrogen (secondary N) is 1. The second-order valence-electron chi connectivity index (χ2n) is 4.57. The third-order valence-corrected chi connectivity index (χ3v) is 4.21. The van der Waals surface area contributed by atoms with Gasteiger partial charge < -0.3 is 10.1 Å². The molecule has 1 aliphatic heterocycles. The van der Waals surface area contributed by atoms with E-state index in [-0.39, 0.29) is 6.10 Å². The Labute approximate surface area is 105 Å². The van der Waals surface area contributed by atoms with E-state index in [9.17, 15) is 0 Å². The van der Waals surface area contributed by atoms with Crippen LogP contribution in [0.3, 0.4) is 0 Å². The molecule has 1 saturated heterocycles. The standard InChI is InChI=1S/C13H16N2OS/c1-9-6-7-14-8-11(9)16-13-15-10-4-2-3-5-12(10)17-13/h2-5,9,11,14H,6-8H2,1H3. The Morgan fingerprint density at radius 3 is 3.12 bits per heavy atom. The predicted molar refractivity (Wildman–Crippen MR) is 70.7 cm³/mol. The first-order valence-electron chi connectivity index (χ1n) is 6.06. The smallest absolute Gasteiger partial charge is 0.274 e. The normalized spacial score (nSPS) is 25.0. The molecule has 4 heteroatoms. The van der Waals surface area contributed by atoms with Crippen LogP contribution in [0, 0.1) is 5.92 Å². The zero-order valence-electron chi connectivity index (χ0n) is 9.85. The van der Waals surface area contributed by atoms with E-state index in [2.05, 4.69) is 23.3 Å². The number of rotatable bonds is 2. The number of hydrogen-bond donors (Lipinski definition) is 1. The summed E-state index contributed by atoms with van der Waals surface area (Å²) in [6, 6.07) is 8.16. The predicted octanol–water partition coefficient (Wildman–Crippen LogP) is 2.67. The number of para-hydroxylation sites is 1. The summed E-state index contributed by atoms with van der Waals surface area (Å²) in [5, 5.41) is 4.17. The monoisotopic (exact) mass is 248 g/mol. The molecule has 2 aromatic rings. The third-order valence-electron chi connectivity index (χ3n) is 3.28. The van der Waals surface area contributed by atoms with Gasteiger partial charge in [0.2, 0.25) is 0 Å². The van der Waals surface area contributed by atoms with E-state index >= 15 is 0 Å². The van der Waals surface area contributed by atoms with Crippen molar-refractivity contribution in [2.75, 3.05) is 13.1 Å². The highest BCUT2D eigenvalue weighted by Crippen LogP contribution is 2.29. The largest absolute Gasteiger partial charge is 0.465 e. The van der Waals surface area contributed by atoms with Crippen molar-refractivity contribution >= 4 is 21.6 Å². The number of piperidine rings is 1. The number of aromatic nitrogens is 1. The van der Waals surface area contributed by atoms with Crippen LogP contribution in [0.5, 0.6) is 5.19 Å². The number of benzene rings is 1. The molecule has 0 bridgehead atoms. The number of thiazole rings is 1. The average molecular weight is 248 g/mol. The lowest BCUT2D eigenvalue weighted by molar-refractivity contribution is 0.115. The van der Waals surface area contributed by atoms with Gasteiger partial charge >= 0.3 is 0 Å². The van der Waals surface area contributed by atoms with Crippen LogP contribution in [-0.4, -0.2) is 24.2 Å². The lowest BCUT2D eigenvalue weighted by Gasteiger charge is -2.28. The summed E-state index contributed by atoms with van der Waals surface area (Å²) in [5.74, 6) is 0.600. The molecule has 3 nitrogen and oxygen atoms in total. The Balaban J connectivity index is 1.79. The lowest BCUT2D eigenvalue weighted by Crippen LogP contribution is -2.42. The van der Waals surface area contributed by atoms with Crippen LogP contribution in [0.2, 0.25) is 0 Å². The fraction of sp³-hybridized carbons (Fsp3) is 0.462. The summed E-state index contributed by atoms with van der Waals surface area (Å²) in [6.07, 6.45) is 1.43. The molecule has 0 saturated carbocycles. The average Bonchev–Trinajstić information content (AvgIpc) is 2.74. The van der Waals surface area contributed by atoms with Gasteiger partial charge in [-0.15, -0.1) is 0 Å². The third kappa shape index (κ3) is 2.28. The van der Waals surface area contributed by atoms with Crippen LogP contribution in [0.4, 0.5) is 0 Å². The molecular formula is C13H16N2OS. The molecule has 1 N–H and O–H groups in total. The summed E-state index contributed by atoms with van der Waals surface area (Å²) in [6.45, 7) is 4.27. The fourth-order valence-corrected chi connectivity index (χ4v) is 3.02. The van der Waals surface area contributed by atoms with Crippen molar-refractivity contribution in [1.82, 2.24) is 10.3 Å². The van der Waals surface area contributed by atoms with Gasteiger partial charge in [-0.1, -0.05) is 30.4 Å². The van der Waals surface area contributed by atoms with Gasteiger partial charge in [0, 0.05) is 6.54 Å². The summed E-state index contributed by atoms with van der Waals surface area (Å²) >= 11 is 1.63. The molecular weight excluding hydrogens is 232 g/mol. The van der Waals surface area contributed by atoms with Crippen molar-refractivity contribution < 1.29 is 4.74 Å². The molecule has 90 valence electrons. The molecule has 1 fully saturated rings. The Bertz CT molecular complexity index is 478. The van der Waals surface area contributed by atoms with Gasteiger partial charge in [0.1, 0.15) is 6.10 Å². The summed E-state index contributed by atoms with van der Waals surface area (Å²) in [5.41, 5.74) is 1.03. The van der Waals surface area contributed by atoms with Gasteiger partial charge in [-0.05, 0) is 31.0 Å². The maximum Gasteiger partial charge on any atom is 0.274 e. The zero-order valence-corrected chi connectivity index (χ0v) is 10.7. The molecule has 2 atom stereocenters. The highest BCUT2D eigenvalue weighted by molar-refractivity contribution is 7.20. The van der Waals surface area contributed by atoms with E-state index in [4.69, 9.17) is 4.74 Å². The van der Waals surface area contributed by atoms with Gasteiger partial charge in [0.05, 0.1) is 10.2 Å². The van der Waals surface area contributed by atoms with Crippen LogP contribution >= 0.6 is 11.3 Å². The van der Waals surface area contributed by atoms with Gasteiger partial charge in [-0.25, -0.2) is 4.98 Å². The first kappa shape index (κ1) is 11.0. The molecule has 1 aromatic carbocycles. The Kier molecular flexibility index (Phi) is 2.99. The molecule has 0 amide bonds. The summed E-state index contributed by atoms with van der Waals surface area (Å²) in [7, 11) is 0. The first-order valence-corrected chi connectivity index (χ1v) is 6.87. The molecule has 2 heterocycles. The van der Waals surface area contributed by atoms with Crippen LogP contribution in [0.25, 0.3) is 10.2 Å².